The van der Waals surface area contributed by atoms with Gasteiger partial charge < -0.3 is 19.6 Å². The summed E-state index contributed by atoms with van der Waals surface area (Å²) >= 11 is 2.06. The van der Waals surface area contributed by atoms with Gasteiger partial charge in [0.2, 0.25) is 0 Å². The summed E-state index contributed by atoms with van der Waals surface area (Å²) in [4.78, 5) is 27.1. The van der Waals surface area contributed by atoms with Gasteiger partial charge in [-0.3, -0.25) is 14.9 Å². The largest absolute Gasteiger partial charge is 0.493 e. The molecule has 0 bridgehead atoms. The Labute approximate surface area is 161 Å². The van der Waals surface area contributed by atoms with Crippen LogP contribution in [0.25, 0.3) is 12.2 Å². The van der Waals surface area contributed by atoms with Gasteiger partial charge in [-0.15, -0.1) is 6.42 Å². The van der Waals surface area contributed by atoms with Crippen molar-refractivity contribution in [2.24, 2.45) is 0 Å². The lowest BCUT2D eigenvalue weighted by atomic mass is 10.2. The van der Waals surface area contributed by atoms with Gasteiger partial charge in [0.05, 0.1) is 15.6 Å². The van der Waals surface area contributed by atoms with E-state index >= 15 is 0 Å². The van der Waals surface area contributed by atoms with E-state index in [0.29, 0.717) is 17.1 Å². The van der Waals surface area contributed by atoms with Crippen LogP contribution in [0, 0.1) is 26.0 Å². The number of aromatic hydroxyl groups is 1. The summed E-state index contributed by atoms with van der Waals surface area (Å²) in [6.07, 6.45) is 8.15. The Bertz CT molecular complexity index is 977. The van der Waals surface area contributed by atoms with Gasteiger partial charge in [-0.05, 0) is 46.4 Å². The molecule has 134 valence electrons. The summed E-state index contributed by atoms with van der Waals surface area (Å²) in [5.74, 6) is 2.33. The fourth-order valence-electron chi connectivity index (χ4n) is 1.98. The van der Waals surface area contributed by atoms with E-state index in [0.717, 1.165) is 3.57 Å². The summed E-state index contributed by atoms with van der Waals surface area (Å²) in [6.45, 7) is 0.0920. The average molecular weight is 469 g/mol. The number of terminal acetylenes is 1. The minimum atomic E-state index is -1.05. The van der Waals surface area contributed by atoms with Gasteiger partial charge in [0.1, 0.15) is 12.4 Å². The van der Waals surface area contributed by atoms with E-state index in [2.05, 4.69) is 38.5 Å². The number of rotatable bonds is 6. The van der Waals surface area contributed by atoms with Crippen LogP contribution in [-0.4, -0.2) is 33.7 Å². The third-order valence-corrected chi connectivity index (χ3v) is 3.86. The summed E-state index contributed by atoms with van der Waals surface area (Å²) in [5.41, 5.74) is -1.37. The number of hydrogen-bond acceptors (Lipinski definition) is 7. The number of nitrogens with one attached hydrogen (secondary N) is 1. The number of ether oxygens (including phenoxy) is 2. The minimum absolute atomic E-state index is 0.0419. The molecule has 2 rings (SSSR count). The van der Waals surface area contributed by atoms with Crippen LogP contribution >= 0.6 is 22.6 Å². The van der Waals surface area contributed by atoms with Crippen LogP contribution in [0.1, 0.15) is 11.4 Å². The summed E-state index contributed by atoms with van der Waals surface area (Å²) in [7, 11) is 1.48. The van der Waals surface area contributed by atoms with Crippen molar-refractivity contribution in [3.05, 3.63) is 47.6 Å². The molecule has 9 nitrogen and oxygen atoms in total. The monoisotopic (exact) mass is 469 g/mol. The highest BCUT2D eigenvalue weighted by Crippen LogP contribution is 2.34. The molecule has 0 aliphatic heterocycles. The summed E-state index contributed by atoms with van der Waals surface area (Å²) in [6, 6.07) is 3.45. The molecular weight excluding hydrogens is 457 g/mol. The summed E-state index contributed by atoms with van der Waals surface area (Å²) < 4.78 is 11.5. The molecule has 2 aromatic rings. The Morgan fingerprint density at radius 1 is 1.50 bits per heavy atom. The van der Waals surface area contributed by atoms with E-state index in [4.69, 9.17) is 15.9 Å². The molecule has 0 amide bonds. The van der Waals surface area contributed by atoms with Crippen LogP contribution in [0.4, 0.5) is 5.69 Å². The molecule has 0 fully saturated rings. The zero-order valence-electron chi connectivity index (χ0n) is 13.4. The number of methoxy groups -OCH3 is 1. The van der Waals surface area contributed by atoms with E-state index in [1.54, 1.807) is 18.2 Å². The van der Waals surface area contributed by atoms with Gasteiger partial charge in [0, 0.05) is 0 Å². The number of aromatic amines is 1. The Kier molecular flexibility index (Phi) is 6.18. The minimum Gasteiger partial charge on any atom is -0.493 e. The van der Waals surface area contributed by atoms with Crippen molar-refractivity contribution in [1.29, 1.82) is 0 Å². The van der Waals surface area contributed by atoms with Gasteiger partial charge in [-0.2, -0.15) is 4.98 Å². The average Bonchev–Trinajstić information content (AvgIpc) is 2.57. The van der Waals surface area contributed by atoms with Gasteiger partial charge in [0.25, 0.3) is 5.88 Å². The lowest BCUT2D eigenvalue weighted by Gasteiger charge is -2.11. The zero-order chi connectivity index (χ0) is 19.3. The number of hydrogen-bond donors (Lipinski definition) is 2. The van der Waals surface area contributed by atoms with Crippen molar-refractivity contribution in [3.8, 4) is 29.7 Å². The van der Waals surface area contributed by atoms with E-state index in [1.807, 2.05) is 0 Å². The molecule has 1 heterocycles. The number of benzene rings is 1. The Balaban J connectivity index is 2.37. The highest BCUT2D eigenvalue weighted by molar-refractivity contribution is 14.1. The van der Waals surface area contributed by atoms with Crippen LogP contribution in [-0.2, 0) is 0 Å². The molecule has 0 saturated carbocycles. The molecule has 1 aromatic carbocycles. The number of H-pyrrole nitrogens is 1. The quantitative estimate of drug-likeness (QED) is 0.287. The van der Waals surface area contributed by atoms with Crippen LogP contribution in [0.15, 0.2) is 16.9 Å². The van der Waals surface area contributed by atoms with Crippen molar-refractivity contribution < 1.29 is 19.5 Å². The first-order chi connectivity index (χ1) is 12.4. The predicted octanol–water partition coefficient (Wildman–Crippen LogP) is 2.18. The topological polar surface area (TPSA) is 128 Å². The van der Waals surface area contributed by atoms with Crippen LogP contribution in [0.3, 0.4) is 0 Å². The highest BCUT2D eigenvalue weighted by atomic mass is 127. The summed E-state index contributed by atoms with van der Waals surface area (Å²) in [5, 5.41) is 20.2. The third-order valence-electron chi connectivity index (χ3n) is 3.06. The lowest BCUT2D eigenvalue weighted by Crippen LogP contribution is -2.14. The molecule has 0 radical (unpaired) electrons. The maximum Gasteiger partial charge on any atom is 0.395 e. The fourth-order valence-corrected chi connectivity index (χ4v) is 2.76. The number of halogens is 1. The smallest absolute Gasteiger partial charge is 0.395 e. The van der Waals surface area contributed by atoms with Crippen molar-refractivity contribution in [1.82, 2.24) is 9.97 Å². The first-order valence-corrected chi connectivity index (χ1v) is 8.04. The van der Waals surface area contributed by atoms with Crippen LogP contribution in [0.5, 0.6) is 17.4 Å². The maximum atomic E-state index is 11.6. The molecule has 0 unspecified atom stereocenters. The Morgan fingerprint density at radius 3 is 2.81 bits per heavy atom. The van der Waals surface area contributed by atoms with E-state index in [1.165, 1.54) is 13.2 Å². The SMILES string of the molecule is C#CCOc1c(I)cc(/C=C\c2nc(O)c([N+](=O)[O-])c(=O)[nH]2)cc1OC. The number of aromatic nitrogens is 2. The molecule has 0 atom stereocenters. The standard InChI is InChI=1S/C16H12IN3O6/c1-3-6-26-14-10(17)7-9(8-11(14)25-2)4-5-12-18-15(21)13(20(23)24)16(22)19-12/h1,4-5,7-8H,6H2,2H3,(H2,18,19,21,22)/b5-4-. The van der Waals surface area contributed by atoms with Crippen molar-refractivity contribution in [3.63, 3.8) is 0 Å². The fraction of sp³-hybridized carbons (Fsp3) is 0.125. The zero-order valence-corrected chi connectivity index (χ0v) is 15.5. The molecule has 2 N–H and O–H groups in total. The van der Waals surface area contributed by atoms with E-state index in [9.17, 15) is 20.0 Å². The molecule has 0 aliphatic carbocycles. The molecule has 10 heteroatoms. The first kappa shape index (κ1) is 19.3. The molecule has 0 spiro atoms. The van der Waals surface area contributed by atoms with Crippen LogP contribution < -0.4 is 15.0 Å². The molecule has 26 heavy (non-hydrogen) atoms. The van der Waals surface area contributed by atoms with Gasteiger partial charge in [0.15, 0.2) is 11.5 Å². The molecule has 1 aromatic heterocycles. The Hall–Kier alpha value is -3.07. The molecule has 0 aliphatic rings. The second-order valence-electron chi connectivity index (χ2n) is 4.74. The second kappa shape index (κ2) is 8.34. The lowest BCUT2D eigenvalue weighted by molar-refractivity contribution is -0.387. The van der Waals surface area contributed by atoms with Crippen molar-refractivity contribution >= 4 is 40.4 Å². The highest BCUT2D eigenvalue weighted by Gasteiger charge is 2.21. The maximum absolute atomic E-state index is 11.6. The third kappa shape index (κ3) is 4.31. The Morgan fingerprint density at radius 2 is 2.23 bits per heavy atom. The number of nitrogens with zero attached hydrogens (tertiary/aromatic N) is 2. The second-order valence-corrected chi connectivity index (χ2v) is 5.90. The first-order valence-electron chi connectivity index (χ1n) is 6.97. The van der Waals surface area contributed by atoms with Crippen molar-refractivity contribution in [2.75, 3.05) is 13.7 Å². The van der Waals surface area contributed by atoms with E-state index in [-0.39, 0.29) is 12.4 Å². The van der Waals surface area contributed by atoms with Crippen LogP contribution in [0.2, 0.25) is 0 Å². The number of nitro groups is 1. The predicted molar refractivity (Wildman–Crippen MR) is 102 cm³/mol. The van der Waals surface area contributed by atoms with Gasteiger partial charge in [-0.25, -0.2) is 0 Å². The van der Waals surface area contributed by atoms with Crippen molar-refractivity contribution in [2.45, 2.75) is 0 Å². The molecule has 0 saturated heterocycles. The molecular formula is C16H12IN3O6. The van der Waals surface area contributed by atoms with Gasteiger partial charge >= 0.3 is 11.2 Å². The van der Waals surface area contributed by atoms with E-state index < -0.39 is 22.0 Å². The normalized spacial score (nSPS) is 10.5. The van der Waals surface area contributed by atoms with Gasteiger partial charge in [-0.1, -0.05) is 12.0 Å².